The second-order valence-corrected chi connectivity index (χ2v) is 9.41. The van der Waals surface area contributed by atoms with E-state index in [1.54, 1.807) is 36.4 Å². The van der Waals surface area contributed by atoms with Crippen LogP contribution in [0.1, 0.15) is 19.8 Å². The van der Waals surface area contributed by atoms with E-state index in [-0.39, 0.29) is 4.90 Å². The third-order valence-corrected chi connectivity index (χ3v) is 6.72. The highest BCUT2D eigenvalue weighted by Gasteiger charge is 2.15. The Bertz CT molecular complexity index is 1130. The summed E-state index contributed by atoms with van der Waals surface area (Å²) in [6, 6.07) is 17.4. The Hall–Kier alpha value is -3.17. The van der Waals surface area contributed by atoms with Gasteiger partial charge in [-0.1, -0.05) is 25.5 Å². The number of hydrogen-bond donors (Lipinski definition) is 1. The summed E-state index contributed by atoms with van der Waals surface area (Å²) in [5.74, 6) is 1.49. The van der Waals surface area contributed by atoms with E-state index < -0.39 is 10.0 Å². The van der Waals surface area contributed by atoms with Crippen LogP contribution in [0, 0.1) is 0 Å². The molecule has 2 aromatic carbocycles. The van der Waals surface area contributed by atoms with Crippen molar-refractivity contribution in [1.29, 1.82) is 0 Å². The molecule has 0 unspecified atom stereocenters. The van der Waals surface area contributed by atoms with Crippen molar-refractivity contribution in [2.75, 3.05) is 42.5 Å². The number of nitrogens with one attached hydrogen (secondary N) is 1. The van der Waals surface area contributed by atoms with Crippen LogP contribution in [-0.2, 0) is 14.8 Å². The molecule has 1 saturated heterocycles. The number of benzene rings is 2. The molecular weight excluding hydrogens is 440 g/mol. The molecule has 8 nitrogen and oxygen atoms in total. The standard InChI is InChI=1S/C24H28N4O4S/c1-2-3-16-32-21-8-10-22(11-9-21)33(29,30)27-20-6-4-19(5-7-20)23-12-13-24(26-25-23)28-14-17-31-18-15-28/h4-13,27H,2-3,14-18H2,1H3. The van der Waals surface area contributed by atoms with Gasteiger partial charge in [0.15, 0.2) is 5.82 Å². The molecule has 174 valence electrons. The first-order valence-electron chi connectivity index (χ1n) is 11.1. The average Bonchev–Trinajstić information content (AvgIpc) is 2.85. The highest BCUT2D eigenvalue weighted by atomic mass is 32.2. The van der Waals surface area contributed by atoms with Gasteiger partial charge in [0.2, 0.25) is 0 Å². The van der Waals surface area contributed by atoms with E-state index in [0.29, 0.717) is 31.3 Å². The summed E-state index contributed by atoms with van der Waals surface area (Å²) in [7, 11) is -3.70. The lowest BCUT2D eigenvalue weighted by Crippen LogP contribution is -2.36. The van der Waals surface area contributed by atoms with Crippen molar-refractivity contribution >= 4 is 21.5 Å². The second-order valence-electron chi connectivity index (χ2n) is 7.73. The Morgan fingerprint density at radius 3 is 2.33 bits per heavy atom. The number of hydrogen-bond acceptors (Lipinski definition) is 7. The van der Waals surface area contributed by atoms with Crippen molar-refractivity contribution in [3.63, 3.8) is 0 Å². The van der Waals surface area contributed by atoms with Crippen molar-refractivity contribution in [2.45, 2.75) is 24.7 Å². The van der Waals surface area contributed by atoms with Crippen molar-refractivity contribution in [1.82, 2.24) is 10.2 Å². The summed E-state index contributed by atoms with van der Waals surface area (Å²) in [6.45, 7) is 5.70. The van der Waals surface area contributed by atoms with Crippen LogP contribution in [0.5, 0.6) is 5.75 Å². The van der Waals surface area contributed by atoms with Crippen LogP contribution in [0.4, 0.5) is 11.5 Å². The minimum atomic E-state index is -3.70. The van der Waals surface area contributed by atoms with Crippen LogP contribution in [0.2, 0.25) is 0 Å². The Morgan fingerprint density at radius 1 is 0.970 bits per heavy atom. The third kappa shape index (κ3) is 6.00. The molecule has 3 aromatic rings. The zero-order valence-electron chi connectivity index (χ0n) is 18.6. The van der Waals surface area contributed by atoms with Gasteiger partial charge >= 0.3 is 0 Å². The molecular formula is C24H28N4O4S. The number of sulfonamides is 1. The molecule has 1 aliphatic heterocycles. The number of nitrogens with zero attached hydrogens (tertiary/aromatic N) is 3. The number of morpholine rings is 1. The zero-order valence-corrected chi connectivity index (χ0v) is 19.4. The zero-order chi connectivity index (χ0) is 23.1. The molecule has 2 heterocycles. The van der Waals surface area contributed by atoms with Gasteiger partial charge in [-0.2, -0.15) is 0 Å². The molecule has 0 atom stereocenters. The summed E-state index contributed by atoms with van der Waals surface area (Å²) in [4.78, 5) is 2.32. The summed E-state index contributed by atoms with van der Waals surface area (Å²) in [5, 5.41) is 8.66. The van der Waals surface area contributed by atoms with Crippen molar-refractivity contribution in [3.05, 3.63) is 60.7 Å². The van der Waals surface area contributed by atoms with Crippen LogP contribution < -0.4 is 14.4 Å². The fourth-order valence-electron chi connectivity index (χ4n) is 3.41. The Morgan fingerprint density at radius 2 is 1.70 bits per heavy atom. The lowest BCUT2D eigenvalue weighted by molar-refractivity contribution is 0.122. The topological polar surface area (TPSA) is 93.7 Å². The Kier molecular flexibility index (Phi) is 7.41. The van der Waals surface area contributed by atoms with Crippen molar-refractivity contribution in [3.8, 4) is 17.0 Å². The maximum atomic E-state index is 12.7. The molecule has 0 saturated carbocycles. The minimum Gasteiger partial charge on any atom is -0.494 e. The summed E-state index contributed by atoms with van der Waals surface area (Å²) < 4.78 is 39.0. The van der Waals surface area contributed by atoms with Crippen LogP contribution in [0.3, 0.4) is 0 Å². The van der Waals surface area contributed by atoms with Gasteiger partial charge in [0.05, 0.1) is 30.4 Å². The lowest BCUT2D eigenvalue weighted by Gasteiger charge is -2.27. The van der Waals surface area contributed by atoms with Gasteiger partial charge < -0.3 is 14.4 Å². The van der Waals surface area contributed by atoms with Crippen molar-refractivity contribution in [2.24, 2.45) is 0 Å². The average molecular weight is 469 g/mol. The van der Waals surface area contributed by atoms with Gasteiger partial charge in [0, 0.05) is 24.3 Å². The first kappa shape index (κ1) is 23.0. The maximum absolute atomic E-state index is 12.7. The van der Waals surface area contributed by atoms with Gasteiger partial charge in [-0.25, -0.2) is 8.42 Å². The molecule has 1 aromatic heterocycles. The molecule has 0 bridgehead atoms. The Balaban J connectivity index is 1.39. The number of rotatable bonds is 9. The fraction of sp³-hybridized carbons (Fsp3) is 0.333. The molecule has 0 spiro atoms. The first-order valence-corrected chi connectivity index (χ1v) is 12.6. The smallest absolute Gasteiger partial charge is 0.261 e. The third-order valence-electron chi connectivity index (χ3n) is 5.32. The number of unbranched alkanes of at least 4 members (excludes halogenated alkanes) is 1. The molecule has 0 radical (unpaired) electrons. The predicted molar refractivity (Wildman–Crippen MR) is 128 cm³/mol. The highest BCUT2D eigenvalue weighted by Crippen LogP contribution is 2.23. The van der Waals surface area contributed by atoms with Gasteiger partial charge in [0.1, 0.15) is 5.75 Å². The molecule has 1 fully saturated rings. The van der Waals surface area contributed by atoms with E-state index in [1.165, 1.54) is 0 Å². The molecule has 9 heteroatoms. The van der Waals surface area contributed by atoms with E-state index in [4.69, 9.17) is 9.47 Å². The van der Waals surface area contributed by atoms with Gasteiger partial charge in [0.25, 0.3) is 10.0 Å². The predicted octanol–water partition coefficient (Wildman–Crippen LogP) is 3.96. The number of anilines is 2. The molecule has 0 aliphatic carbocycles. The van der Waals surface area contributed by atoms with E-state index in [1.807, 2.05) is 24.3 Å². The summed E-state index contributed by atoms with van der Waals surface area (Å²) in [6.07, 6.45) is 2.00. The summed E-state index contributed by atoms with van der Waals surface area (Å²) in [5.41, 5.74) is 2.05. The lowest BCUT2D eigenvalue weighted by atomic mass is 10.1. The van der Waals surface area contributed by atoms with Gasteiger partial charge in [-0.15, -0.1) is 10.2 Å². The van der Waals surface area contributed by atoms with Crippen LogP contribution in [-0.4, -0.2) is 51.5 Å². The molecule has 0 amide bonds. The van der Waals surface area contributed by atoms with Crippen LogP contribution in [0.15, 0.2) is 65.6 Å². The minimum absolute atomic E-state index is 0.180. The normalized spacial score (nSPS) is 14.2. The quantitative estimate of drug-likeness (QED) is 0.475. The van der Waals surface area contributed by atoms with Crippen molar-refractivity contribution < 1.29 is 17.9 Å². The number of ether oxygens (including phenoxy) is 2. The maximum Gasteiger partial charge on any atom is 0.261 e. The van der Waals surface area contributed by atoms with E-state index in [0.717, 1.165) is 43.0 Å². The molecule has 33 heavy (non-hydrogen) atoms. The first-order chi connectivity index (χ1) is 16.0. The number of aromatic nitrogens is 2. The van der Waals surface area contributed by atoms with Gasteiger partial charge in [-0.3, -0.25) is 4.72 Å². The van der Waals surface area contributed by atoms with E-state index in [9.17, 15) is 8.42 Å². The summed E-state index contributed by atoms with van der Waals surface area (Å²) >= 11 is 0. The fourth-order valence-corrected chi connectivity index (χ4v) is 4.47. The van der Waals surface area contributed by atoms with Crippen LogP contribution in [0.25, 0.3) is 11.3 Å². The SMILES string of the molecule is CCCCOc1ccc(S(=O)(=O)Nc2ccc(-c3ccc(N4CCOCC4)nn3)cc2)cc1. The monoisotopic (exact) mass is 468 g/mol. The highest BCUT2D eigenvalue weighted by molar-refractivity contribution is 7.92. The molecule has 4 rings (SSSR count). The molecule has 1 aliphatic rings. The molecule has 1 N–H and O–H groups in total. The van der Waals surface area contributed by atoms with E-state index >= 15 is 0 Å². The van der Waals surface area contributed by atoms with E-state index in [2.05, 4.69) is 26.7 Å². The largest absolute Gasteiger partial charge is 0.494 e. The Labute approximate surface area is 194 Å². The second kappa shape index (κ2) is 10.6. The van der Waals surface area contributed by atoms with Crippen LogP contribution >= 0.6 is 0 Å². The van der Waals surface area contributed by atoms with Gasteiger partial charge in [-0.05, 0) is 55.0 Å².